The van der Waals surface area contributed by atoms with Crippen molar-refractivity contribution >= 4 is 47.7 Å². The number of hydrogen-bond donors (Lipinski definition) is 0. The lowest BCUT2D eigenvalue weighted by atomic mass is 10.4. The summed E-state index contributed by atoms with van der Waals surface area (Å²) in [7, 11) is -5.83. The first-order valence-electron chi connectivity index (χ1n) is 4.73. The van der Waals surface area contributed by atoms with E-state index in [2.05, 4.69) is 29.0 Å². The Morgan fingerprint density at radius 2 is 1.94 bits per heavy atom. The first-order valence-corrected chi connectivity index (χ1v) is 5.34. The van der Waals surface area contributed by atoms with E-state index in [1.54, 1.807) is 22.7 Å². The molecule has 1 aromatic heterocycles. The Balaban J connectivity index is 0. The average Bonchev–Trinajstić information content (AvgIpc) is 2.62. The fourth-order valence-electron chi connectivity index (χ4n) is 0.773. The molecule has 2 aromatic rings. The fraction of sp³-hybridized carbons (Fsp3) is 0. The van der Waals surface area contributed by atoms with Crippen molar-refractivity contribution < 1.29 is 22.0 Å². The first-order chi connectivity index (χ1) is 7.93. The van der Waals surface area contributed by atoms with Crippen LogP contribution in [-0.4, -0.2) is 18.3 Å². The number of hydrogen-bond acceptors (Lipinski definition) is 1. The van der Waals surface area contributed by atoms with Crippen molar-refractivity contribution in [3.63, 3.8) is 0 Å². The van der Waals surface area contributed by atoms with Gasteiger partial charge in [0.2, 0.25) is 4.69 Å². The molecular formula is C7H7B2F5S2. The van der Waals surface area contributed by atoms with Crippen LogP contribution in [0.5, 0.6) is 0 Å². The van der Waals surface area contributed by atoms with Gasteiger partial charge in [-0.05, 0) is 12.1 Å². The lowest BCUT2D eigenvalue weighted by Gasteiger charge is -1.73. The lowest BCUT2D eigenvalue weighted by Crippen LogP contribution is -3.00. The van der Waals surface area contributed by atoms with Crippen molar-refractivity contribution in [1.82, 2.24) is 0 Å². The molecule has 0 fully saturated rings. The molecular weight excluding hydrogens is 265 g/mol. The van der Waals surface area contributed by atoms with Gasteiger partial charge in [-0.15, -0.1) is 0 Å². The topological polar surface area (TPSA) is 0 Å². The van der Waals surface area contributed by atoms with Crippen molar-refractivity contribution in [2.24, 2.45) is 0 Å². The monoisotopic (exact) mass is 275 g/mol. The molecule has 88 valence electrons. The minimum atomic E-state index is -3.67. The van der Waals surface area contributed by atoms with E-state index in [1.165, 1.54) is 9.40 Å². The normalized spacial score (nSPS) is 9.25. The summed E-state index contributed by atoms with van der Waals surface area (Å²) in [6, 6.07) is 8.45. The highest BCUT2D eigenvalue weighted by Crippen LogP contribution is 2.24. The molecule has 0 atom stereocenters. The molecule has 0 aliphatic carbocycles. The molecule has 1 heterocycles. The summed E-state index contributed by atoms with van der Waals surface area (Å²) in [5, 5.41) is 0. The van der Waals surface area contributed by atoms with Gasteiger partial charge in [-0.3, -0.25) is 12.9 Å². The van der Waals surface area contributed by atoms with Crippen LogP contribution < -0.4 is 4.70 Å². The van der Waals surface area contributed by atoms with Crippen LogP contribution in [0.4, 0.5) is 17.3 Å². The Hall–Kier alpha value is -0.690. The summed E-state index contributed by atoms with van der Waals surface area (Å²) >= 11 is 3.61. The highest BCUT2D eigenvalue weighted by molar-refractivity contribution is 7.36. The Morgan fingerprint density at radius 1 is 1.44 bits per heavy atom. The number of fused-ring (bicyclic) bond motifs is 1. The van der Waals surface area contributed by atoms with E-state index >= 15 is 0 Å². The molecule has 9 heteroatoms. The number of benzene rings is 1. The second-order valence-corrected chi connectivity index (χ2v) is 4.15. The van der Waals surface area contributed by atoms with Gasteiger partial charge in [0.05, 0.1) is 22.7 Å². The molecule has 0 saturated carbocycles. The van der Waals surface area contributed by atoms with E-state index in [1.807, 2.05) is 0 Å². The fourth-order valence-corrected chi connectivity index (χ4v) is 2.77. The summed E-state index contributed by atoms with van der Waals surface area (Å²) in [5.41, 5.74) is 0. The molecule has 1 aromatic carbocycles. The van der Waals surface area contributed by atoms with Gasteiger partial charge in [0.15, 0.2) is 9.40 Å². The van der Waals surface area contributed by atoms with E-state index in [9.17, 15) is 17.3 Å². The van der Waals surface area contributed by atoms with Gasteiger partial charge < -0.3 is 9.02 Å². The third-order valence-corrected chi connectivity index (χ3v) is 3.32. The number of rotatable bonds is 0. The van der Waals surface area contributed by atoms with Gasteiger partial charge in [-0.25, -0.2) is 0 Å². The van der Waals surface area contributed by atoms with Crippen LogP contribution in [0.15, 0.2) is 29.0 Å². The van der Waals surface area contributed by atoms with Crippen molar-refractivity contribution in [1.29, 1.82) is 2.67 Å². The van der Waals surface area contributed by atoms with Crippen LogP contribution in [-0.2, 0) is 0 Å². The van der Waals surface area contributed by atoms with E-state index in [0.29, 0.717) is 0 Å². The highest BCUT2D eigenvalue weighted by Gasteiger charge is 2.06. The predicted octanol–water partition coefficient (Wildman–Crippen LogP) is 0.632. The van der Waals surface area contributed by atoms with E-state index in [0.717, 1.165) is 0 Å². The van der Waals surface area contributed by atoms with Gasteiger partial charge in [-0.2, -0.15) is 0 Å². The first kappa shape index (κ1) is 13.4. The molecule has 0 unspecified atom stereocenters. The summed E-state index contributed by atoms with van der Waals surface area (Å²) in [6.07, 6.45) is 0. The van der Waals surface area contributed by atoms with Crippen molar-refractivity contribution in [2.75, 3.05) is 0 Å². The highest BCUT2D eigenvalue weighted by atomic mass is 32.2. The number of halogens is 5. The van der Waals surface area contributed by atoms with Crippen LogP contribution in [0.3, 0.4) is 0 Å². The minimum absolute atomic E-state index is 0. The second-order valence-electron chi connectivity index (χ2n) is 2.03. The standard InChI is InChI=1S/C7H5S2.BF3.BFH2.FH/c1-2-4-7-6(3-1)8-5-9-7;2-1(3)4;1-2;/h1-5H;;1H2;1H/q+1;;;/p-1/i;;1TD;. The van der Waals surface area contributed by atoms with Crippen LogP contribution in [0, 0.1) is 0 Å². The van der Waals surface area contributed by atoms with Crippen LogP contribution in [0.25, 0.3) is 9.40 Å². The molecule has 2 rings (SSSR count). The summed E-state index contributed by atoms with van der Waals surface area (Å²) in [6.45, 7) is 0. The molecule has 0 spiro atoms. The zero-order chi connectivity index (χ0) is 13.3. The Bertz CT molecular complexity index is 376. The molecule has 0 saturated heterocycles. The van der Waals surface area contributed by atoms with Gasteiger partial charge >= 0.3 is 15.6 Å². The Labute approximate surface area is 102 Å². The van der Waals surface area contributed by atoms with Crippen molar-refractivity contribution in [3.05, 3.63) is 29.0 Å². The lowest BCUT2D eigenvalue weighted by molar-refractivity contribution is -0.00000610. The zero-order valence-corrected chi connectivity index (χ0v) is 9.38. The Kier molecular flexibility index (Phi) is 9.04. The average molecular weight is 275 g/mol. The summed E-state index contributed by atoms with van der Waals surface area (Å²) in [4.78, 5) is 0. The molecule has 0 N–H and O–H groups in total. The minimum Gasteiger partial charge on any atom is -1.00 e. The quantitative estimate of drug-likeness (QED) is 0.376. The van der Waals surface area contributed by atoms with Crippen LogP contribution in [0.1, 0.15) is 0 Å². The summed E-state index contributed by atoms with van der Waals surface area (Å²) in [5.74, 6) is 0. The van der Waals surface area contributed by atoms with Gasteiger partial charge in [-0.1, -0.05) is 12.1 Å². The predicted molar refractivity (Wildman–Crippen MR) is 62.8 cm³/mol. The van der Waals surface area contributed by atoms with Gasteiger partial charge in [0.1, 0.15) is 0 Å². The third kappa shape index (κ3) is 7.58. The molecule has 0 nitrogen and oxygen atoms in total. The summed E-state index contributed by atoms with van der Waals surface area (Å²) < 4.78 is 55.4. The van der Waals surface area contributed by atoms with Crippen molar-refractivity contribution in [3.8, 4) is 0 Å². The van der Waals surface area contributed by atoms with Crippen molar-refractivity contribution in [2.45, 2.75) is 0 Å². The molecule has 0 bridgehead atoms. The SMILES string of the molecule is FB(F)F.[2H]B([3H])F.[F-].c1ccc2[s+]csc2c1. The van der Waals surface area contributed by atoms with E-state index < -0.39 is 15.6 Å². The van der Waals surface area contributed by atoms with Crippen LogP contribution in [0.2, 0.25) is 0 Å². The molecule has 0 aliphatic heterocycles. The van der Waals surface area contributed by atoms with E-state index in [4.69, 9.17) is 2.67 Å². The van der Waals surface area contributed by atoms with Crippen LogP contribution >= 0.6 is 22.7 Å². The molecule has 0 radical (unpaired) electrons. The largest absolute Gasteiger partial charge is 1.00 e. The Morgan fingerprint density at radius 3 is 2.44 bits per heavy atom. The molecule has 0 amide bonds. The maximum atomic E-state index is 10.3. The smallest absolute Gasteiger partial charge is 0.762 e. The molecule has 16 heavy (non-hydrogen) atoms. The maximum Gasteiger partial charge on any atom is 0.762 e. The van der Waals surface area contributed by atoms with E-state index in [-0.39, 0.29) is 4.70 Å². The third-order valence-electron chi connectivity index (χ3n) is 1.20. The zero-order valence-electron chi connectivity index (χ0n) is 9.75. The second kappa shape index (κ2) is 10.8. The van der Waals surface area contributed by atoms with Gasteiger partial charge in [0, 0.05) is 2.67 Å². The maximum absolute atomic E-state index is 10.3. The molecule has 0 aliphatic rings. The van der Waals surface area contributed by atoms with Gasteiger partial charge in [0.25, 0.3) is 0 Å².